The number of hydrogen-bond acceptors (Lipinski definition) is 3. The molecule has 0 bridgehead atoms. The van der Waals surface area contributed by atoms with Crippen molar-refractivity contribution in [2.75, 3.05) is 6.61 Å². The highest BCUT2D eigenvalue weighted by atomic mass is 16.5. The van der Waals surface area contributed by atoms with Crippen molar-refractivity contribution in [2.45, 2.75) is 19.3 Å². The van der Waals surface area contributed by atoms with Gasteiger partial charge in [-0.25, -0.2) is 0 Å². The summed E-state index contributed by atoms with van der Waals surface area (Å²) >= 11 is 0. The molecule has 1 unspecified atom stereocenters. The average Bonchev–Trinajstić information content (AvgIpc) is 2.43. The third kappa shape index (κ3) is 3.19. The van der Waals surface area contributed by atoms with Gasteiger partial charge in [-0.3, -0.25) is 9.59 Å². The average molecular weight is 255 g/mol. The molecule has 19 heavy (non-hydrogen) atoms. The molecule has 0 aliphatic rings. The first-order valence-electron chi connectivity index (χ1n) is 6.21. The van der Waals surface area contributed by atoms with Crippen molar-refractivity contribution >= 4 is 23.0 Å². The van der Waals surface area contributed by atoms with E-state index >= 15 is 0 Å². The van der Waals surface area contributed by atoms with Crippen molar-refractivity contribution in [3.63, 3.8) is 0 Å². The van der Waals surface area contributed by atoms with Crippen LogP contribution >= 0.6 is 0 Å². The fourth-order valence-corrected chi connectivity index (χ4v) is 2.15. The second-order valence-corrected chi connectivity index (χ2v) is 4.37. The summed E-state index contributed by atoms with van der Waals surface area (Å²) in [5, 5.41) is 2.13. The van der Waals surface area contributed by atoms with Crippen LogP contribution in [-0.2, 0) is 14.3 Å². The zero-order chi connectivity index (χ0) is 13.7. The van der Waals surface area contributed by atoms with Gasteiger partial charge in [-0.15, -0.1) is 0 Å². The lowest BCUT2D eigenvalue weighted by molar-refractivity contribution is -0.141. The lowest BCUT2D eigenvalue weighted by Gasteiger charge is -2.12. The Bertz CT molecular complexity index is 584. The Morgan fingerprint density at radius 3 is 2.68 bits per heavy atom. The van der Waals surface area contributed by atoms with Gasteiger partial charge in [0.05, 0.1) is 12.5 Å². The molecule has 0 aliphatic carbocycles. The van der Waals surface area contributed by atoms with E-state index in [0.29, 0.717) is 6.42 Å². The van der Waals surface area contributed by atoms with Gasteiger partial charge in [0.1, 0.15) is 0 Å². The molecule has 0 saturated heterocycles. The minimum Gasteiger partial charge on any atom is -0.466 e. The van der Waals surface area contributed by atoms with Gasteiger partial charge in [-0.1, -0.05) is 42.5 Å². The van der Waals surface area contributed by atoms with Crippen molar-refractivity contribution in [3.8, 4) is 0 Å². The minimum absolute atomic E-state index is 0.235. The van der Waals surface area contributed by atoms with Gasteiger partial charge in [0.2, 0.25) is 6.29 Å². The lowest BCUT2D eigenvalue weighted by Crippen LogP contribution is -2.08. The van der Waals surface area contributed by atoms with Crippen LogP contribution in [0.3, 0.4) is 0 Å². The summed E-state index contributed by atoms with van der Waals surface area (Å²) < 4.78 is 4.89. The van der Waals surface area contributed by atoms with Crippen LogP contribution in [0.25, 0.3) is 10.8 Å². The van der Waals surface area contributed by atoms with E-state index in [2.05, 4.69) is 0 Å². The maximum atomic E-state index is 11.2. The summed E-state index contributed by atoms with van der Waals surface area (Å²) in [7, 11) is 0. The number of benzene rings is 2. The first-order valence-corrected chi connectivity index (χ1v) is 6.21. The standard InChI is InChI=1S/C16H15O3/c1-12(18)19-10-9-14(11-17)16-8-4-6-13-5-2-3-7-15(13)16/h2-8,14H,9-10H2,1H3. The molecule has 97 valence electrons. The zero-order valence-electron chi connectivity index (χ0n) is 10.8. The van der Waals surface area contributed by atoms with Crippen molar-refractivity contribution in [1.82, 2.24) is 0 Å². The molecule has 3 nitrogen and oxygen atoms in total. The van der Waals surface area contributed by atoms with Gasteiger partial charge in [-0.2, -0.15) is 0 Å². The van der Waals surface area contributed by atoms with Gasteiger partial charge >= 0.3 is 5.97 Å². The van der Waals surface area contributed by atoms with Crippen LogP contribution in [-0.4, -0.2) is 18.9 Å². The van der Waals surface area contributed by atoms with Crippen LogP contribution in [0.15, 0.2) is 42.5 Å². The Hall–Kier alpha value is -2.16. The molecule has 0 heterocycles. The van der Waals surface area contributed by atoms with Gasteiger partial charge in [0, 0.05) is 6.92 Å². The molecule has 0 fully saturated rings. The number of carbonyl (C=O) groups excluding carboxylic acids is 2. The third-order valence-corrected chi connectivity index (χ3v) is 3.05. The smallest absolute Gasteiger partial charge is 0.302 e. The maximum Gasteiger partial charge on any atom is 0.302 e. The molecule has 0 amide bonds. The van der Waals surface area contributed by atoms with Crippen LogP contribution in [0.1, 0.15) is 24.8 Å². The Kier molecular flexibility index (Phi) is 4.29. The van der Waals surface area contributed by atoms with E-state index in [-0.39, 0.29) is 18.5 Å². The molecule has 0 saturated carbocycles. The number of fused-ring (bicyclic) bond motifs is 1. The fourth-order valence-electron chi connectivity index (χ4n) is 2.15. The quantitative estimate of drug-likeness (QED) is 0.771. The van der Waals surface area contributed by atoms with E-state index in [1.807, 2.05) is 48.8 Å². The van der Waals surface area contributed by atoms with Crippen LogP contribution in [0, 0.1) is 0 Å². The van der Waals surface area contributed by atoms with E-state index in [1.165, 1.54) is 6.92 Å². The van der Waals surface area contributed by atoms with Crippen molar-refractivity contribution in [2.24, 2.45) is 0 Å². The van der Waals surface area contributed by atoms with Gasteiger partial charge < -0.3 is 4.74 Å². The Balaban J connectivity index is 2.25. The molecular formula is C16H15O3. The van der Waals surface area contributed by atoms with Gasteiger partial charge in [0.25, 0.3) is 0 Å². The molecule has 2 aromatic rings. The molecule has 2 aromatic carbocycles. The van der Waals surface area contributed by atoms with Crippen molar-refractivity contribution in [3.05, 3.63) is 48.0 Å². The summed E-state index contributed by atoms with van der Waals surface area (Å²) in [5.74, 6) is -0.701. The number of rotatable bonds is 5. The zero-order valence-corrected chi connectivity index (χ0v) is 10.8. The third-order valence-electron chi connectivity index (χ3n) is 3.05. The number of ether oxygens (including phenoxy) is 1. The molecule has 2 rings (SSSR count). The van der Waals surface area contributed by atoms with Crippen LogP contribution in [0.4, 0.5) is 0 Å². The van der Waals surface area contributed by atoms with Gasteiger partial charge in [-0.05, 0) is 22.8 Å². The highest BCUT2D eigenvalue weighted by Crippen LogP contribution is 2.26. The van der Waals surface area contributed by atoms with E-state index in [9.17, 15) is 9.59 Å². The maximum absolute atomic E-state index is 11.2. The van der Waals surface area contributed by atoms with E-state index < -0.39 is 0 Å². The highest BCUT2D eigenvalue weighted by molar-refractivity contribution is 5.88. The molecule has 1 radical (unpaired) electrons. The molecule has 0 N–H and O–H groups in total. The molecule has 0 spiro atoms. The number of hydrogen-bond donors (Lipinski definition) is 0. The summed E-state index contributed by atoms with van der Waals surface area (Å²) in [5.41, 5.74) is 0.931. The highest BCUT2D eigenvalue weighted by Gasteiger charge is 2.14. The minimum atomic E-state index is -0.370. The van der Waals surface area contributed by atoms with Crippen LogP contribution in [0.5, 0.6) is 0 Å². The second-order valence-electron chi connectivity index (χ2n) is 4.37. The first kappa shape index (κ1) is 13.3. The predicted octanol–water partition coefficient (Wildman–Crippen LogP) is 2.99. The van der Waals surface area contributed by atoms with E-state index in [1.54, 1.807) is 0 Å². The monoisotopic (exact) mass is 255 g/mol. The van der Waals surface area contributed by atoms with Crippen molar-refractivity contribution < 1.29 is 14.3 Å². The predicted molar refractivity (Wildman–Crippen MR) is 73.6 cm³/mol. The summed E-state index contributed by atoms with van der Waals surface area (Å²) in [6.45, 7) is 1.59. The summed E-state index contributed by atoms with van der Waals surface area (Å²) in [6, 6.07) is 13.8. The molecule has 1 atom stereocenters. The summed E-state index contributed by atoms with van der Waals surface area (Å²) in [6.07, 6.45) is 2.50. The van der Waals surface area contributed by atoms with E-state index in [4.69, 9.17) is 4.74 Å². The fraction of sp³-hybridized carbons (Fsp3) is 0.250. The van der Waals surface area contributed by atoms with Crippen LogP contribution in [0.2, 0.25) is 0 Å². The first-order chi connectivity index (χ1) is 9.22. The van der Waals surface area contributed by atoms with E-state index in [0.717, 1.165) is 16.3 Å². The second kappa shape index (κ2) is 6.14. The molecule has 3 heteroatoms. The molecule has 0 aliphatic heterocycles. The lowest BCUT2D eigenvalue weighted by atomic mass is 9.92. The molecular weight excluding hydrogens is 240 g/mol. The number of carbonyl (C=O) groups is 1. The largest absolute Gasteiger partial charge is 0.466 e. The van der Waals surface area contributed by atoms with Crippen LogP contribution < -0.4 is 0 Å². The normalized spacial score (nSPS) is 12.1. The topological polar surface area (TPSA) is 43.4 Å². The summed E-state index contributed by atoms with van der Waals surface area (Å²) in [4.78, 5) is 21.9. The Morgan fingerprint density at radius 1 is 1.21 bits per heavy atom. The Labute approximate surface area is 112 Å². The SMILES string of the molecule is CC(=O)OCCC([C]=O)c1cccc2ccccc12. The molecule has 0 aromatic heterocycles. The Morgan fingerprint density at radius 2 is 1.95 bits per heavy atom. The number of esters is 1. The van der Waals surface area contributed by atoms with Crippen molar-refractivity contribution in [1.29, 1.82) is 0 Å². The van der Waals surface area contributed by atoms with Gasteiger partial charge in [0.15, 0.2) is 0 Å².